The highest BCUT2D eigenvalue weighted by Gasteiger charge is 2.36. The first kappa shape index (κ1) is 18.6. The lowest BCUT2D eigenvalue weighted by Gasteiger charge is -2.32. The first-order valence-electron chi connectivity index (χ1n) is 8.50. The lowest BCUT2D eigenvalue weighted by molar-refractivity contribution is 0.0822. The van der Waals surface area contributed by atoms with Gasteiger partial charge in [-0.15, -0.1) is 0 Å². The number of carbonyl (C=O) groups is 1. The van der Waals surface area contributed by atoms with Crippen molar-refractivity contribution in [3.8, 4) is 0 Å². The van der Waals surface area contributed by atoms with E-state index in [0.29, 0.717) is 29.5 Å². The summed E-state index contributed by atoms with van der Waals surface area (Å²) < 4.78 is 29.7. The molecule has 26 heavy (non-hydrogen) atoms. The summed E-state index contributed by atoms with van der Waals surface area (Å²) in [4.78, 5) is 18.3. The van der Waals surface area contributed by atoms with Gasteiger partial charge in [0.15, 0.2) is 0 Å². The van der Waals surface area contributed by atoms with E-state index in [2.05, 4.69) is 4.98 Å². The van der Waals surface area contributed by atoms with E-state index >= 15 is 0 Å². The number of hydrogen-bond donors (Lipinski definition) is 0. The smallest absolute Gasteiger partial charge is 0.273 e. The van der Waals surface area contributed by atoms with Crippen LogP contribution >= 0.6 is 0 Å². The molecule has 1 aliphatic heterocycles. The summed E-state index contributed by atoms with van der Waals surface area (Å²) in [7, 11) is -0.306. The minimum absolute atomic E-state index is 0.192. The van der Waals surface area contributed by atoms with Crippen molar-refractivity contribution in [2.24, 2.45) is 0 Å². The Labute approximate surface area is 154 Å². The number of amides is 1. The Morgan fingerprint density at radius 1 is 1.15 bits per heavy atom. The number of imidazole rings is 1. The van der Waals surface area contributed by atoms with Gasteiger partial charge in [-0.1, -0.05) is 6.07 Å². The second-order valence-electron chi connectivity index (χ2n) is 6.99. The number of rotatable bonds is 3. The van der Waals surface area contributed by atoms with E-state index in [9.17, 15) is 13.2 Å². The zero-order valence-electron chi connectivity index (χ0n) is 15.7. The number of sulfonamides is 1. The highest BCUT2D eigenvalue weighted by molar-refractivity contribution is 7.89. The molecule has 3 rings (SSSR count). The van der Waals surface area contributed by atoms with E-state index in [4.69, 9.17) is 0 Å². The Morgan fingerprint density at radius 2 is 1.77 bits per heavy atom. The fourth-order valence-electron chi connectivity index (χ4n) is 3.35. The van der Waals surface area contributed by atoms with Gasteiger partial charge in [0.2, 0.25) is 10.0 Å². The molecule has 0 bridgehead atoms. The van der Waals surface area contributed by atoms with Crippen LogP contribution in [0.15, 0.2) is 29.3 Å². The van der Waals surface area contributed by atoms with Gasteiger partial charge in [0.05, 0.1) is 10.9 Å². The van der Waals surface area contributed by atoms with E-state index in [0.717, 1.165) is 11.1 Å². The van der Waals surface area contributed by atoms with Crippen LogP contribution in [-0.4, -0.2) is 53.7 Å². The largest absolute Gasteiger partial charge is 0.343 e. The maximum Gasteiger partial charge on any atom is 0.273 e. The van der Waals surface area contributed by atoms with Gasteiger partial charge < -0.3 is 9.47 Å². The molecule has 1 amide bonds. The number of benzene rings is 1. The third-order valence-electron chi connectivity index (χ3n) is 4.60. The van der Waals surface area contributed by atoms with Gasteiger partial charge in [0.25, 0.3) is 5.91 Å². The standard InChI is InChI=1S/C18H24N4O3S/c1-12-8-13(2)10-15(9-12)26(24,25)22-7-6-21-11-16(18(23)20(4)5)19-17(21)14(22)3/h8-11,14H,6-7H2,1-5H3. The Morgan fingerprint density at radius 3 is 2.35 bits per heavy atom. The van der Waals surface area contributed by atoms with Crippen LogP contribution in [-0.2, 0) is 16.6 Å². The lowest BCUT2D eigenvalue weighted by Crippen LogP contribution is -2.41. The molecule has 0 aliphatic carbocycles. The predicted octanol–water partition coefficient (Wildman–Crippen LogP) is 1.97. The molecule has 8 heteroatoms. The monoisotopic (exact) mass is 376 g/mol. The van der Waals surface area contributed by atoms with Crippen molar-refractivity contribution in [2.45, 2.75) is 38.3 Å². The van der Waals surface area contributed by atoms with Crippen molar-refractivity contribution < 1.29 is 13.2 Å². The van der Waals surface area contributed by atoms with Crippen LogP contribution in [0.5, 0.6) is 0 Å². The van der Waals surface area contributed by atoms with Crippen molar-refractivity contribution in [1.29, 1.82) is 0 Å². The van der Waals surface area contributed by atoms with Gasteiger partial charge in [0.1, 0.15) is 11.5 Å². The third kappa shape index (κ3) is 3.14. The maximum absolute atomic E-state index is 13.2. The normalized spacial score (nSPS) is 17.8. The molecule has 140 valence electrons. The van der Waals surface area contributed by atoms with E-state index in [1.807, 2.05) is 31.4 Å². The van der Waals surface area contributed by atoms with Crippen LogP contribution in [0.25, 0.3) is 0 Å². The Hall–Kier alpha value is -2.19. The molecule has 0 N–H and O–H groups in total. The first-order valence-corrected chi connectivity index (χ1v) is 9.94. The first-order chi connectivity index (χ1) is 12.1. The summed E-state index contributed by atoms with van der Waals surface area (Å²) in [5, 5.41) is 0. The van der Waals surface area contributed by atoms with Crippen molar-refractivity contribution in [3.63, 3.8) is 0 Å². The fourth-order valence-corrected chi connectivity index (χ4v) is 5.12. The molecule has 1 unspecified atom stereocenters. The molecule has 2 aromatic rings. The van der Waals surface area contributed by atoms with E-state index < -0.39 is 16.1 Å². The zero-order valence-corrected chi connectivity index (χ0v) is 16.5. The third-order valence-corrected chi connectivity index (χ3v) is 6.55. The molecule has 0 radical (unpaired) electrons. The molecule has 0 spiro atoms. The summed E-state index contributed by atoms with van der Waals surface area (Å²) in [6.07, 6.45) is 1.70. The van der Waals surface area contributed by atoms with Gasteiger partial charge in [-0.05, 0) is 44.0 Å². The summed E-state index contributed by atoms with van der Waals surface area (Å²) in [5.41, 5.74) is 2.16. The van der Waals surface area contributed by atoms with Gasteiger partial charge in [0, 0.05) is 33.4 Å². The fraction of sp³-hybridized carbons (Fsp3) is 0.444. The summed E-state index contributed by atoms with van der Waals surface area (Å²) in [6.45, 7) is 6.39. The number of fused-ring (bicyclic) bond motifs is 1. The minimum atomic E-state index is -3.64. The van der Waals surface area contributed by atoms with E-state index in [1.54, 1.807) is 32.4 Å². The number of aromatic nitrogens is 2. The van der Waals surface area contributed by atoms with E-state index in [-0.39, 0.29) is 5.91 Å². The number of nitrogens with zero attached hydrogens (tertiary/aromatic N) is 4. The van der Waals surface area contributed by atoms with Crippen LogP contribution in [0.4, 0.5) is 0 Å². The molecule has 1 atom stereocenters. The predicted molar refractivity (Wildman–Crippen MR) is 98.5 cm³/mol. The quantitative estimate of drug-likeness (QED) is 0.821. The molecule has 7 nitrogen and oxygen atoms in total. The Bertz CT molecular complexity index is 943. The molecule has 2 heterocycles. The Balaban J connectivity index is 1.98. The summed E-state index contributed by atoms with van der Waals surface area (Å²) in [6, 6.07) is 4.89. The van der Waals surface area contributed by atoms with Gasteiger partial charge in [-0.2, -0.15) is 4.31 Å². The van der Waals surface area contributed by atoms with Gasteiger partial charge in [-0.3, -0.25) is 4.79 Å². The average Bonchev–Trinajstić information content (AvgIpc) is 2.98. The summed E-state index contributed by atoms with van der Waals surface area (Å²) >= 11 is 0. The molecule has 0 saturated carbocycles. The zero-order chi connectivity index (χ0) is 19.2. The summed E-state index contributed by atoms with van der Waals surface area (Å²) in [5.74, 6) is 0.400. The molecular weight excluding hydrogens is 352 g/mol. The second-order valence-corrected chi connectivity index (χ2v) is 8.88. The van der Waals surface area contributed by atoms with Crippen LogP contribution in [0.2, 0.25) is 0 Å². The van der Waals surface area contributed by atoms with Crippen LogP contribution in [0.3, 0.4) is 0 Å². The molecule has 0 fully saturated rings. The van der Waals surface area contributed by atoms with Crippen molar-refractivity contribution >= 4 is 15.9 Å². The van der Waals surface area contributed by atoms with Gasteiger partial charge >= 0.3 is 0 Å². The second kappa shape index (κ2) is 6.51. The molecule has 1 aliphatic rings. The van der Waals surface area contributed by atoms with Crippen molar-refractivity contribution in [1.82, 2.24) is 18.8 Å². The maximum atomic E-state index is 13.2. The average molecular weight is 376 g/mol. The lowest BCUT2D eigenvalue weighted by atomic mass is 10.2. The number of hydrogen-bond acceptors (Lipinski definition) is 4. The highest BCUT2D eigenvalue weighted by atomic mass is 32.2. The Kier molecular flexibility index (Phi) is 4.66. The van der Waals surface area contributed by atoms with Gasteiger partial charge in [-0.25, -0.2) is 13.4 Å². The topological polar surface area (TPSA) is 75.5 Å². The molecule has 1 aromatic heterocycles. The van der Waals surface area contributed by atoms with Crippen molar-refractivity contribution in [3.05, 3.63) is 47.0 Å². The van der Waals surface area contributed by atoms with Crippen LogP contribution < -0.4 is 0 Å². The highest BCUT2D eigenvalue weighted by Crippen LogP contribution is 2.31. The number of aryl methyl sites for hydroxylation is 2. The molecule has 0 saturated heterocycles. The molecule has 1 aromatic carbocycles. The van der Waals surface area contributed by atoms with Crippen LogP contribution in [0.1, 0.15) is 40.4 Å². The van der Waals surface area contributed by atoms with Crippen molar-refractivity contribution in [2.75, 3.05) is 20.6 Å². The molecular formula is C18H24N4O3S. The van der Waals surface area contributed by atoms with Crippen LogP contribution in [0, 0.1) is 13.8 Å². The SMILES string of the molecule is Cc1cc(C)cc(S(=O)(=O)N2CCn3cc(C(=O)N(C)C)nc3C2C)c1. The number of carbonyl (C=O) groups excluding carboxylic acids is 1. The minimum Gasteiger partial charge on any atom is -0.343 e. The van der Waals surface area contributed by atoms with E-state index in [1.165, 1.54) is 9.21 Å².